The van der Waals surface area contributed by atoms with E-state index in [0.29, 0.717) is 12.2 Å². The molecule has 14 heteroatoms. The Balaban J connectivity index is 1.80. The molecule has 0 aliphatic rings. The molecule has 0 aliphatic heterocycles. The zero-order chi connectivity index (χ0) is 27.1. The van der Waals surface area contributed by atoms with Gasteiger partial charge in [-0.2, -0.15) is 9.78 Å². The monoisotopic (exact) mass is 551 g/mol. The molecule has 0 atom stereocenters. The lowest BCUT2D eigenvalue weighted by atomic mass is 10.1. The molecule has 0 saturated heterocycles. The summed E-state index contributed by atoms with van der Waals surface area (Å²) in [6.07, 6.45) is 2.35. The van der Waals surface area contributed by atoms with Crippen molar-refractivity contribution in [1.82, 2.24) is 9.78 Å². The molecule has 3 rings (SSSR count). The molecule has 0 unspecified atom stereocenters. The van der Waals surface area contributed by atoms with E-state index in [1.165, 1.54) is 25.3 Å². The lowest BCUT2D eigenvalue weighted by molar-refractivity contribution is -0.142. The number of nitrogens with zero attached hydrogens (tertiary/aromatic N) is 2. The molecule has 0 fully saturated rings. The lowest BCUT2D eigenvalue weighted by Gasteiger charge is -2.15. The van der Waals surface area contributed by atoms with Crippen LogP contribution in [0.5, 0.6) is 17.2 Å². The van der Waals surface area contributed by atoms with Gasteiger partial charge in [-0.15, -0.1) is 0 Å². The molecule has 11 nitrogen and oxygen atoms in total. The van der Waals surface area contributed by atoms with Crippen molar-refractivity contribution >= 4 is 46.7 Å². The van der Waals surface area contributed by atoms with Crippen LogP contribution >= 0.6 is 23.2 Å². The molecule has 1 aromatic heterocycles. The van der Waals surface area contributed by atoms with E-state index in [4.69, 9.17) is 42.5 Å². The van der Waals surface area contributed by atoms with Crippen molar-refractivity contribution in [2.24, 2.45) is 0 Å². The van der Waals surface area contributed by atoms with Crippen molar-refractivity contribution in [3.63, 3.8) is 0 Å². The maximum absolute atomic E-state index is 13.5. The second kappa shape index (κ2) is 12.0. The quantitative estimate of drug-likeness (QED) is 0.298. The van der Waals surface area contributed by atoms with Gasteiger partial charge in [0.05, 0.1) is 34.6 Å². The minimum absolute atomic E-state index is 0.0141. The number of aliphatic carboxylic acids is 1. The number of methoxy groups -OCH3 is 1. The Bertz CT molecular complexity index is 1460. The van der Waals surface area contributed by atoms with Crippen LogP contribution in [0, 0.1) is 5.82 Å². The summed E-state index contributed by atoms with van der Waals surface area (Å²) in [4.78, 5) is 47.1. The predicted octanol–water partition coefficient (Wildman–Crippen LogP) is 3.88. The first kappa shape index (κ1) is 27.2. The van der Waals surface area contributed by atoms with Crippen LogP contribution < -0.4 is 20.3 Å². The molecule has 37 heavy (non-hydrogen) atoms. The average molecular weight is 552 g/mol. The van der Waals surface area contributed by atoms with Crippen molar-refractivity contribution in [2.75, 3.05) is 12.4 Å². The SMILES string of the molecule is COc1cc(F)ccc1Oc1cc(Cl)c(Cl)cc1C(=O)Nc1cnn(COC(=O)/C=C\C(=O)O)c(=O)c1. The Kier molecular flexibility index (Phi) is 8.82. The van der Waals surface area contributed by atoms with E-state index in [0.717, 1.165) is 29.1 Å². The first-order valence-corrected chi connectivity index (χ1v) is 10.8. The third kappa shape index (κ3) is 7.29. The number of halogens is 3. The molecule has 2 aromatic carbocycles. The summed E-state index contributed by atoms with van der Waals surface area (Å²) in [7, 11) is 1.31. The zero-order valence-electron chi connectivity index (χ0n) is 18.7. The van der Waals surface area contributed by atoms with E-state index in [1.807, 2.05) is 0 Å². The number of aromatic nitrogens is 2. The highest BCUT2D eigenvalue weighted by Crippen LogP contribution is 2.37. The maximum atomic E-state index is 13.5. The summed E-state index contributed by atoms with van der Waals surface area (Å²) in [5.41, 5.74) is -0.835. The number of esters is 1. The van der Waals surface area contributed by atoms with Crippen molar-refractivity contribution in [2.45, 2.75) is 6.73 Å². The standard InChI is InChI=1S/C23H16Cl2FN3O8/c1-35-19-6-12(26)2-3-17(19)37-18-9-16(25)15(24)8-14(18)23(34)28-13-7-20(30)29(27-10-13)11-36-22(33)5-4-21(31)32/h2-10H,11H2,1H3,(H,28,34)(H,31,32)/b5-4-. The summed E-state index contributed by atoms with van der Waals surface area (Å²) >= 11 is 12.2. The fourth-order valence-corrected chi connectivity index (χ4v) is 3.06. The number of carbonyl (C=O) groups is 3. The highest BCUT2D eigenvalue weighted by atomic mass is 35.5. The number of carboxylic acid groups (broad SMARTS) is 1. The number of ether oxygens (including phenoxy) is 3. The van der Waals surface area contributed by atoms with Crippen molar-refractivity contribution in [1.29, 1.82) is 0 Å². The van der Waals surface area contributed by atoms with Gasteiger partial charge in [-0.3, -0.25) is 9.59 Å². The van der Waals surface area contributed by atoms with Crippen molar-refractivity contribution < 1.29 is 38.1 Å². The van der Waals surface area contributed by atoms with Crippen LogP contribution in [0.15, 0.2) is 59.5 Å². The number of hydrogen-bond acceptors (Lipinski definition) is 8. The molecule has 192 valence electrons. The summed E-state index contributed by atoms with van der Waals surface area (Å²) in [5.74, 6) is -3.56. The second-order valence-corrected chi connectivity index (χ2v) is 7.77. The predicted molar refractivity (Wildman–Crippen MR) is 129 cm³/mol. The van der Waals surface area contributed by atoms with E-state index in [2.05, 4.69) is 10.4 Å². The number of rotatable bonds is 9. The van der Waals surface area contributed by atoms with Gasteiger partial charge in [-0.1, -0.05) is 23.2 Å². The van der Waals surface area contributed by atoms with Crippen LogP contribution in [-0.4, -0.2) is 39.8 Å². The third-order valence-corrected chi connectivity index (χ3v) is 5.15. The number of anilines is 1. The van der Waals surface area contributed by atoms with Crippen LogP contribution in [0.3, 0.4) is 0 Å². The Labute approximate surface area is 217 Å². The van der Waals surface area contributed by atoms with E-state index in [9.17, 15) is 23.6 Å². The van der Waals surface area contributed by atoms with Crippen LogP contribution in [0.2, 0.25) is 10.0 Å². The molecule has 3 aromatic rings. The van der Waals surface area contributed by atoms with Crippen molar-refractivity contribution in [3.05, 3.63) is 86.5 Å². The van der Waals surface area contributed by atoms with Crippen LogP contribution in [0.1, 0.15) is 10.4 Å². The topological polar surface area (TPSA) is 146 Å². The van der Waals surface area contributed by atoms with E-state index < -0.39 is 36.0 Å². The van der Waals surface area contributed by atoms with Gasteiger partial charge in [0.2, 0.25) is 0 Å². The smallest absolute Gasteiger partial charge is 0.332 e. The molecule has 1 amide bonds. The summed E-state index contributed by atoms with van der Waals surface area (Å²) in [6.45, 7) is -0.597. The van der Waals surface area contributed by atoms with Gasteiger partial charge in [0, 0.05) is 30.4 Å². The Morgan fingerprint density at radius 2 is 1.81 bits per heavy atom. The third-order valence-electron chi connectivity index (χ3n) is 4.43. The van der Waals surface area contributed by atoms with Gasteiger partial charge in [-0.05, 0) is 18.2 Å². The summed E-state index contributed by atoms with van der Waals surface area (Å²) < 4.78 is 29.9. The molecule has 0 aliphatic carbocycles. The van der Waals surface area contributed by atoms with Gasteiger partial charge in [0.25, 0.3) is 11.5 Å². The first-order valence-electron chi connectivity index (χ1n) is 10.0. The van der Waals surface area contributed by atoms with Gasteiger partial charge in [-0.25, -0.2) is 14.0 Å². The number of amides is 1. The number of carboxylic acids is 1. The number of hydrogen-bond donors (Lipinski definition) is 2. The van der Waals surface area contributed by atoms with Crippen LogP contribution in [-0.2, 0) is 21.1 Å². The Morgan fingerprint density at radius 3 is 2.49 bits per heavy atom. The van der Waals surface area contributed by atoms with Crippen molar-refractivity contribution in [3.8, 4) is 17.2 Å². The van der Waals surface area contributed by atoms with E-state index in [1.54, 1.807) is 0 Å². The first-order chi connectivity index (χ1) is 17.6. The highest BCUT2D eigenvalue weighted by molar-refractivity contribution is 6.42. The lowest BCUT2D eigenvalue weighted by Crippen LogP contribution is -2.25. The van der Waals surface area contributed by atoms with E-state index >= 15 is 0 Å². The summed E-state index contributed by atoms with van der Waals surface area (Å²) in [6, 6.07) is 7.05. The fraction of sp³-hybridized carbons (Fsp3) is 0.0870. The molecule has 0 spiro atoms. The molecule has 0 bridgehead atoms. The van der Waals surface area contributed by atoms with Gasteiger partial charge < -0.3 is 24.6 Å². The van der Waals surface area contributed by atoms with Gasteiger partial charge >= 0.3 is 11.9 Å². The molecule has 1 heterocycles. The number of carbonyl (C=O) groups excluding carboxylic acids is 2. The van der Waals surface area contributed by atoms with Gasteiger partial charge in [0.15, 0.2) is 18.2 Å². The van der Waals surface area contributed by atoms with E-state index in [-0.39, 0.29) is 38.5 Å². The molecule has 0 saturated carbocycles. The van der Waals surface area contributed by atoms with Gasteiger partial charge in [0.1, 0.15) is 11.6 Å². The Morgan fingerprint density at radius 1 is 1.08 bits per heavy atom. The number of nitrogens with one attached hydrogen (secondary N) is 1. The normalized spacial score (nSPS) is 10.7. The summed E-state index contributed by atoms with van der Waals surface area (Å²) in [5, 5.41) is 14.9. The maximum Gasteiger partial charge on any atom is 0.332 e. The van der Waals surface area contributed by atoms with Crippen LogP contribution in [0.25, 0.3) is 0 Å². The molecule has 2 N–H and O–H groups in total. The molecule has 0 radical (unpaired) electrons. The second-order valence-electron chi connectivity index (χ2n) is 6.96. The fourth-order valence-electron chi connectivity index (χ4n) is 2.74. The molecular weight excluding hydrogens is 536 g/mol. The minimum atomic E-state index is -1.35. The average Bonchev–Trinajstić information content (AvgIpc) is 2.85. The molecular formula is C23H16Cl2FN3O8. The van der Waals surface area contributed by atoms with Crippen LogP contribution in [0.4, 0.5) is 10.1 Å². The highest BCUT2D eigenvalue weighted by Gasteiger charge is 2.19. The zero-order valence-corrected chi connectivity index (χ0v) is 20.2. The number of benzene rings is 2. The largest absolute Gasteiger partial charge is 0.493 e. The Hall–Kier alpha value is -4.42. The minimum Gasteiger partial charge on any atom is -0.493 e.